The van der Waals surface area contributed by atoms with Gasteiger partial charge in [-0.15, -0.1) is 0 Å². The van der Waals surface area contributed by atoms with E-state index in [-0.39, 0.29) is 11.6 Å². The molecule has 5 heteroatoms. The van der Waals surface area contributed by atoms with Crippen LogP contribution in [-0.2, 0) is 6.54 Å². The fourth-order valence-electron chi connectivity index (χ4n) is 1.32. The predicted octanol–water partition coefficient (Wildman–Crippen LogP) is 0.412. The Morgan fingerprint density at radius 2 is 2.33 bits per heavy atom. The van der Waals surface area contributed by atoms with Gasteiger partial charge in [-0.1, -0.05) is 6.92 Å². The second-order valence-electron chi connectivity index (χ2n) is 3.35. The van der Waals surface area contributed by atoms with E-state index in [0.29, 0.717) is 18.9 Å². The van der Waals surface area contributed by atoms with Crippen LogP contribution < -0.4 is 16.6 Å². The molecule has 84 valence electrons. The minimum atomic E-state index is -0.0908. The van der Waals surface area contributed by atoms with E-state index >= 15 is 0 Å². The van der Waals surface area contributed by atoms with Crippen LogP contribution in [0.5, 0.6) is 0 Å². The van der Waals surface area contributed by atoms with Crippen LogP contribution in [-0.4, -0.2) is 22.1 Å². The number of aryl methyl sites for hydroxylation is 1. The molecule has 0 bridgehead atoms. The topological polar surface area (TPSA) is 72.9 Å². The normalized spacial score (nSPS) is 12.5. The monoisotopic (exact) mass is 210 g/mol. The highest BCUT2D eigenvalue weighted by Gasteiger charge is 2.08. The number of hydrogen-bond donors (Lipinski definition) is 2. The quantitative estimate of drug-likeness (QED) is 0.738. The molecule has 3 N–H and O–H groups in total. The Labute approximate surface area is 89.3 Å². The second-order valence-corrected chi connectivity index (χ2v) is 3.35. The summed E-state index contributed by atoms with van der Waals surface area (Å²) in [6, 6.07) is 0.109. The fraction of sp³-hybridized carbons (Fsp3) is 0.600. The number of nitrogens with zero attached hydrogens (tertiary/aromatic N) is 2. The average molecular weight is 210 g/mol. The summed E-state index contributed by atoms with van der Waals surface area (Å²) in [5, 5.41) is 3.05. The summed E-state index contributed by atoms with van der Waals surface area (Å²) in [4.78, 5) is 15.8. The third-order valence-corrected chi connectivity index (χ3v) is 2.37. The number of aromatic nitrogens is 2. The SMILES string of the molecule is CCC(CN)Nc1nccn(CC)c1=O. The Morgan fingerprint density at radius 1 is 1.60 bits per heavy atom. The van der Waals surface area contributed by atoms with E-state index in [1.165, 1.54) is 0 Å². The highest BCUT2D eigenvalue weighted by molar-refractivity contribution is 5.32. The zero-order valence-corrected chi connectivity index (χ0v) is 9.23. The van der Waals surface area contributed by atoms with E-state index in [4.69, 9.17) is 5.73 Å². The van der Waals surface area contributed by atoms with Crippen LogP contribution in [0.3, 0.4) is 0 Å². The minimum absolute atomic E-state index is 0.0908. The molecule has 0 saturated heterocycles. The molecule has 1 unspecified atom stereocenters. The molecular weight excluding hydrogens is 192 g/mol. The lowest BCUT2D eigenvalue weighted by molar-refractivity contribution is 0.681. The van der Waals surface area contributed by atoms with Crippen molar-refractivity contribution in [3.8, 4) is 0 Å². The lowest BCUT2D eigenvalue weighted by Crippen LogP contribution is -2.33. The number of nitrogens with one attached hydrogen (secondary N) is 1. The van der Waals surface area contributed by atoms with Crippen molar-refractivity contribution in [2.45, 2.75) is 32.9 Å². The van der Waals surface area contributed by atoms with Gasteiger partial charge in [-0.05, 0) is 13.3 Å². The second kappa shape index (κ2) is 5.50. The summed E-state index contributed by atoms with van der Waals surface area (Å²) >= 11 is 0. The first-order valence-electron chi connectivity index (χ1n) is 5.24. The lowest BCUT2D eigenvalue weighted by atomic mass is 10.2. The third kappa shape index (κ3) is 2.79. The molecule has 1 atom stereocenters. The van der Waals surface area contributed by atoms with Gasteiger partial charge in [0.1, 0.15) is 0 Å². The van der Waals surface area contributed by atoms with Gasteiger partial charge in [0.05, 0.1) is 0 Å². The molecule has 0 spiro atoms. The van der Waals surface area contributed by atoms with E-state index in [1.807, 2.05) is 13.8 Å². The largest absolute Gasteiger partial charge is 0.361 e. The maximum atomic E-state index is 11.8. The predicted molar refractivity (Wildman–Crippen MR) is 60.9 cm³/mol. The highest BCUT2D eigenvalue weighted by Crippen LogP contribution is 1.99. The smallest absolute Gasteiger partial charge is 0.293 e. The number of anilines is 1. The number of rotatable bonds is 5. The van der Waals surface area contributed by atoms with Crippen molar-refractivity contribution in [3.05, 3.63) is 22.7 Å². The Kier molecular flexibility index (Phi) is 4.30. The fourth-order valence-corrected chi connectivity index (χ4v) is 1.32. The summed E-state index contributed by atoms with van der Waals surface area (Å²) < 4.78 is 1.61. The molecule has 0 aliphatic rings. The van der Waals surface area contributed by atoms with Crippen LogP contribution in [0, 0.1) is 0 Å². The van der Waals surface area contributed by atoms with Crippen molar-refractivity contribution in [3.63, 3.8) is 0 Å². The summed E-state index contributed by atoms with van der Waals surface area (Å²) in [5.41, 5.74) is 5.46. The molecule has 1 aromatic heterocycles. The molecule has 5 nitrogen and oxygen atoms in total. The molecule has 0 saturated carbocycles. The molecule has 0 aliphatic carbocycles. The molecule has 1 aromatic rings. The molecular formula is C10H18N4O. The van der Waals surface area contributed by atoms with Crippen LogP contribution in [0.1, 0.15) is 20.3 Å². The Bertz CT molecular complexity index is 357. The van der Waals surface area contributed by atoms with Gasteiger partial charge in [0.15, 0.2) is 5.82 Å². The summed E-state index contributed by atoms with van der Waals surface area (Å²) in [6.45, 7) is 5.09. The van der Waals surface area contributed by atoms with Crippen LogP contribution in [0.4, 0.5) is 5.82 Å². The standard InChI is InChI=1S/C10H18N4O/c1-3-8(7-11)13-9-10(15)14(4-2)6-5-12-9/h5-6,8H,3-4,7,11H2,1-2H3,(H,12,13). The highest BCUT2D eigenvalue weighted by atomic mass is 16.1. The van der Waals surface area contributed by atoms with Crippen molar-refractivity contribution in [2.24, 2.45) is 5.73 Å². The van der Waals surface area contributed by atoms with Crippen molar-refractivity contribution in [1.82, 2.24) is 9.55 Å². The van der Waals surface area contributed by atoms with Crippen LogP contribution in [0.25, 0.3) is 0 Å². The number of hydrogen-bond acceptors (Lipinski definition) is 4. The first-order valence-corrected chi connectivity index (χ1v) is 5.24. The first kappa shape index (κ1) is 11.7. The lowest BCUT2D eigenvalue weighted by Gasteiger charge is -2.15. The maximum absolute atomic E-state index is 11.8. The number of nitrogens with two attached hydrogens (primary N) is 1. The summed E-state index contributed by atoms with van der Waals surface area (Å²) in [5.74, 6) is 0.386. The van der Waals surface area contributed by atoms with E-state index < -0.39 is 0 Å². The molecule has 0 aliphatic heterocycles. The molecule has 0 fully saturated rings. The molecule has 1 heterocycles. The van der Waals surface area contributed by atoms with Gasteiger partial charge in [0.25, 0.3) is 5.56 Å². The van der Waals surface area contributed by atoms with Crippen molar-refractivity contribution in [1.29, 1.82) is 0 Å². The first-order chi connectivity index (χ1) is 7.22. The van der Waals surface area contributed by atoms with Gasteiger partial charge in [-0.3, -0.25) is 4.79 Å². The molecule has 0 radical (unpaired) electrons. The summed E-state index contributed by atoms with van der Waals surface area (Å²) in [7, 11) is 0. The zero-order valence-electron chi connectivity index (χ0n) is 9.23. The van der Waals surface area contributed by atoms with Crippen LogP contribution in [0.15, 0.2) is 17.2 Å². The van der Waals surface area contributed by atoms with Crippen LogP contribution in [0.2, 0.25) is 0 Å². The van der Waals surface area contributed by atoms with Gasteiger partial charge >= 0.3 is 0 Å². The Morgan fingerprint density at radius 3 is 2.87 bits per heavy atom. The molecule has 0 aromatic carbocycles. The van der Waals surface area contributed by atoms with Gasteiger partial charge in [-0.2, -0.15) is 0 Å². The minimum Gasteiger partial charge on any atom is -0.361 e. The van der Waals surface area contributed by atoms with Crippen molar-refractivity contribution < 1.29 is 0 Å². The van der Waals surface area contributed by atoms with Gasteiger partial charge < -0.3 is 15.6 Å². The molecule has 0 amide bonds. The van der Waals surface area contributed by atoms with E-state index in [2.05, 4.69) is 10.3 Å². The van der Waals surface area contributed by atoms with Crippen LogP contribution >= 0.6 is 0 Å². The van der Waals surface area contributed by atoms with Gasteiger partial charge in [-0.25, -0.2) is 4.98 Å². The maximum Gasteiger partial charge on any atom is 0.293 e. The summed E-state index contributed by atoms with van der Waals surface area (Å²) in [6.07, 6.45) is 4.17. The van der Waals surface area contributed by atoms with Gasteiger partial charge in [0.2, 0.25) is 0 Å². The van der Waals surface area contributed by atoms with Crippen molar-refractivity contribution >= 4 is 5.82 Å². The third-order valence-electron chi connectivity index (χ3n) is 2.37. The zero-order chi connectivity index (χ0) is 11.3. The Hall–Kier alpha value is -1.36. The molecule has 15 heavy (non-hydrogen) atoms. The van der Waals surface area contributed by atoms with E-state index in [1.54, 1.807) is 17.0 Å². The average Bonchev–Trinajstić information content (AvgIpc) is 2.28. The van der Waals surface area contributed by atoms with Crippen molar-refractivity contribution in [2.75, 3.05) is 11.9 Å². The van der Waals surface area contributed by atoms with E-state index in [9.17, 15) is 4.79 Å². The van der Waals surface area contributed by atoms with E-state index in [0.717, 1.165) is 6.42 Å². The Balaban J connectivity index is 2.90. The van der Waals surface area contributed by atoms with Gasteiger partial charge in [0, 0.05) is 31.5 Å². The molecule has 1 rings (SSSR count).